The molecule has 0 saturated heterocycles. The fourth-order valence-corrected chi connectivity index (χ4v) is 2.85. The van der Waals surface area contributed by atoms with Crippen molar-refractivity contribution < 1.29 is 9.13 Å². The number of imidazole rings is 1. The van der Waals surface area contributed by atoms with Crippen LogP contribution in [0.2, 0.25) is 0 Å². The lowest BCUT2D eigenvalue weighted by Crippen LogP contribution is -2.13. The molecule has 0 aliphatic heterocycles. The minimum atomic E-state index is -0.395. The lowest BCUT2D eigenvalue weighted by atomic mass is 10.2. The zero-order valence-electron chi connectivity index (χ0n) is 13.9. The average Bonchev–Trinajstić information content (AvgIpc) is 3.05. The summed E-state index contributed by atoms with van der Waals surface area (Å²) >= 11 is 0. The van der Waals surface area contributed by atoms with E-state index in [2.05, 4.69) is 15.0 Å². The van der Waals surface area contributed by atoms with E-state index in [4.69, 9.17) is 4.74 Å². The second-order valence-corrected chi connectivity index (χ2v) is 5.82. The predicted octanol–water partition coefficient (Wildman–Crippen LogP) is 2.98. The maximum atomic E-state index is 13.4. The van der Waals surface area contributed by atoms with E-state index in [1.807, 2.05) is 24.3 Å². The third-order valence-corrected chi connectivity index (χ3v) is 4.07. The minimum absolute atomic E-state index is 0.286. The average molecular weight is 350 g/mol. The van der Waals surface area contributed by atoms with E-state index in [9.17, 15) is 9.18 Å². The highest BCUT2D eigenvalue weighted by molar-refractivity contribution is 5.72. The molecule has 0 atom stereocenters. The number of ether oxygens (including phenoxy) is 1. The summed E-state index contributed by atoms with van der Waals surface area (Å²) in [5.41, 5.74) is 1.82. The fraction of sp³-hybridized carbons (Fsp3) is 0.105. The number of nitrogens with zero attached hydrogens (tertiary/aromatic N) is 3. The molecular weight excluding hydrogens is 335 g/mol. The first-order chi connectivity index (χ1) is 12.6. The van der Waals surface area contributed by atoms with E-state index in [1.165, 1.54) is 12.1 Å². The van der Waals surface area contributed by atoms with E-state index in [1.54, 1.807) is 30.1 Å². The van der Waals surface area contributed by atoms with Crippen molar-refractivity contribution in [1.82, 2.24) is 19.5 Å². The molecule has 1 N–H and O–H groups in total. The number of rotatable bonds is 4. The number of methoxy groups -OCH3 is 1. The van der Waals surface area contributed by atoms with E-state index >= 15 is 0 Å². The number of halogens is 1. The first kappa shape index (κ1) is 16.0. The van der Waals surface area contributed by atoms with Gasteiger partial charge in [0.1, 0.15) is 17.4 Å². The summed E-state index contributed by atoms with van der Waals surface area (Å²) in [5, 5.41) is 0. The van der Waals surface area contributed by atoms with Crippen LogP contribution in [0.4, 0.5) is 4.39 Å². The maximum absolute atomic E-state index is 13.4. The van der Waals surface area contributed by atoms with Gasteiger partial charge in [-0.2, -0.15) is 0 Å². The molecule has 2 heterocycles. The molecule has 7 heteroatoms. The molecule has 0 radical (unpaired) electrons. The first-order valence-corrected chi connectivity index (χ1v) is 7.98. The molecule has 0 aliphatic carbocycles. The van der Waals surface area contributed by atoms with Crippen molar-refractivity contribution in [2.24, 2.45) is 0 Å². The zero-order chi connectivity index (χ0) is 18.1. The van der Waals surface area contributed by atoms with Gasteiger partial charge in [-0.25, -0.2) is 14.4 Å². The quantitative estimate of drug-likeness (QED) is 0.614. The summed E-state index contributed by atoms with van der Waals surface area (Å²) in [5.74, 6) is 0.634. The molecule has 0 spiro atoms. The maximum Gasteiger partial charge on any atom is 0.277 e. The Kier molecular flexibility index (Phi) is 3.96. The number of aromatic amines is 1. The monoisotopic (exact) mass is 350 g/mol. The first-order valence-electron chi connectivity index (χ1n) is 7.98. The van der Waals surface area contributed by atoms with Crippen LogP contribution in [0, 0.1) is 5.82 Å². The standard InChI is InChI=1S/C19H15FN4O2/c1-26-15-7-2-4-12(8-15)10-24-11-21-18-16(24)19(25)23-17(22-18)13-5-3-6-14(20)9-13/h2-9,11H,10H2,1H3,(H,22,23,25). The Bertz CT molecular complexity index is 1150. The number of hydrogen-bond acceptors (Lipinski definition) is 4. The van der Waals surface area contributed by atoms with Gasteiger partial charge < -0.3 is 14.3 Å². The van der Waals surface area contributed by atoms with Gasteiger partial charge in [0, 0.05) is 12.1 Å². The van der Waals surface area contributed by atoms with Crippen LogP contribution in [0.15, 0.2) is 59.7 Å². The van der Waals surface area contributed by atoms with Crippen molar-refractivity contribution >= 4 is 11.2 Å². The van der Waals surface area contributed by atoms with Gasteiger partial charge >= 0.3 is 0 Å². The molecule has 0 amide bonds. The number of fused-ring (bicyclic) bond motifs is 1. The molecule has 2 aromatic heterocycles. The van der Waals surface area contributed by atoms with Crippen LogP contribution in [0.3, 0.4) is 0 Å². The Morgan fingerprint density at radius 3 is 2.85 bits per heavy atom. The molecule has 0 fully saturated rings. The number of nitrogens with one attached hydrogen (secondary N) is 1. The van der Waals surface area contributed by atoms with Crippen LogP contribution >= 0.6 is 0 Å². The van der Waals surface area contributed by atoms with Gasteiger partial charge in [0.2, 0.25) is 0 Å². The second-order valence-electron chi connectivity index (χ2n) is 5.82. The SMILES string of the molecule is COc1cccc(Cn2cnc3nc(-c4cccc(F)c4)[nH]c(=O)c32)c1. The summed E-state index contributed by atoms with van der Waals surface area (Å²) in [6.45, 7) is 0.456. The summed E-state index contributed by atoms with van der Waals surface area (Å²) in [7, 11) is 1.61. The van der Waals surface area contributed by atoms with Crippen molar-refractivity contribution in [3.63, 3.8) is 0 Å². The third kappa shape index (κ3) is 2.95. The van der Waals surface area contributed by atoms with Crippen LogP contribution < -0.4 is 10.3 Å². The zero-order valence-corrected chi connectivity index (χ0v) is 13.9. The Hall–Kier alpha value is -3.48. The Balaban J connectivity index is 1.76. The molecule has 0 saturated carbocycles. The molecule has 4 aromatic rings. The van der Waals surface area contributed by atoms with E-state index < -0.39 is 5.82 Å². The Morgan fingerprint density at radius 1 is 1.19 bits per heavy atom. The van der Waals surface area contributed by atoms with Crippen molar-refractivity contribution in [3.05, 3.63) is 76.6 Å². The van der Waals surface area contributed by atoms with Crippen molar-refractivity contribution in [1.29, 1.82) is 0 Å². The van der Waals surface area contributed by atoms with Gasteiger partial charge in [-0.05, 0) is 29.8 Å². The normalized spacial score (nSPS) is 11.0. The van der Waals surface area contributed by atoms with Crippen LogP contribution in [0.5, 0.6) is 5.75 Å². The van der Waals surface area contributed by atoms with Crippen LogP contribution in [-0.4, -0.2) is 26.6 Å². The summed E-state index contributed by atoms with van der Waals surface area (Å²) in [4.78, 5) is 23.9. The van der Waals surface area contributed by atoms with E-state index in [0.717, 1.165) is 11.3 Å². The van der Waals surface area contributed by atoms with Crippen molar-refractivity contribution in [3.8, 4) is 17.1 Å². The topological polar surface area (TPSA) is 72.8 Å². The summed E-state index contributed by atoms with van der Waals surface area (Å²) in [6.07, 6.45) is 1.57. The lowest BCUT2D eigenvalue weighted by molar-refractivity contribution is 0.414. The molecule has 2 aromatic carbocycles. The largest absolute Gasteiger partial charge is 0.497 e. The van der Waals surface area contributed by atoms with Crippen LogP contribution in [0.1, 0.15) is 5.56 Å². The molecular formula is C19H15FN4O2. The highest BCUT2D eigenvalue weighted by Gasteiger charge is 2.12. The number of hydrogen-bond donors (Lipinski definition) is 1. The lowest BCUT2D eigenvalue weighted by Gasteiger charge is -2.06. The van der Waals surface area contributed by atoms with Crippen LogP contribution in [0.25, 0.3) is 22.6 Å². The van der Waals surface area contributed by atoms with Gasteiger partial charge in [0.15, 0.2) is 11.2 Å². The van der Waals surface area contributed by atoms with E-state index in [-0.39, 0.29) is 11.4 Å². The van der Waals surface area contributed by atoms with E-state index in [0.29, 0.717) is 23.3 Å². The van der Waals surface area contributed by atoms with Crippen LogP contribution in [-0.2, 0) is 6.54 Å². The van der Waals surface area contributed by atoms with Crippen molar-refractivity contribution in [2.75, 3.05) is 7.11 Å². The Labute approximate surface area is 147 Å². The smallest absolute Gasteiger partial charge is 0.277 e. The molecule has 0 unspecified atom stereocenters. The molecule has 6 nitrogen and oxygen atoms in total. The van der Waals surface area contributed by atoms with Gasteiger partial charge in [0.25, 0.3) is 5.56 Å². The summed E-state index contributed by atoms with van der Waals surface area (Å²) in [6, 6.07) is 13.5. The molecule has 0 bridgehead atoms. The second kappa shape index (κ2) is 6.44. The third-order valence-electron chi connectivity index (χ3n) is 4.07. The molecule has 0 aliphatic rings. The van der Waals surface area contributed by atoms with Gasteiger partial charge in [-0.15, -0.1) is 0 Å². The summed E-state index contributed by atoms with van der Waals surface area (Å²) < 4.78 is 20.4. The van der Waals surface area contributed by atoms with Gasteiger partial charge in [-0.1, -0.05) is 24.3 Å². The fourth-order valence-electron chi connectivity index (χ4n) is 2.85. The molecule has 4 rings (SSSR count). The number of benzene rings is 2. The number of aromatic nitrogens is 4. The Morgan fingerprint density at radius 2 is 2.04 bits per heavy atom. The van der Waals surface area contributed by atoms with Gasteiger partial charge in [0.05, 0.1) is 13.4 Å². The molecule has 130 valence electrons. The van der Waals surface area contributed by atoms with Gasteiger partial charge in [-0.3, -0.25) is 4.79 Å². The molecule has 26 heavy (non-hydrogen) atoms. The highest BCUT2D eigenvalue weighted by Crippen LogP contribution is 2.18. The van der Waals surface area contributed by atoms with Crippen molar-refractivity contribution in [2.45, 2.75) is 6.54 Å². The predicted molar refractivity (Wildman–Crippen MR) is 95.6 cm³/mol. The number of H-pyrrole nitrogens is 1. The minimum Gasteiger partial charge on any atom is -0.497 e. The highest BCUT2D eigenvalue weighted by atomic mass is 19.1.